The van der Waals surface area contributed by atoms with Crippen LogP contribution in [0.5, 0.6) is 5.75 Å². The molecule has 0 radical (unpaired) electrons. The number of rotatable bonds is 1. The zero-order chi connectivity index (χ0) is 8.39. The molecule has 3 heteroatoms. The molecule has 2 nitrogen and oxygen atoms in total. The number of hydrogen-bond acceptors (Lipinski definition) is 2. The van der Waals surface area contributed by atoms with Gasteiger partial charge in [-0.25, -0.2) is 0 Å². The molecule has 0 spiro atoms. The Morgan fingerprint density at radius 2 is 2.23 bits per heavy atom. The van der Waals surface area contributed by atoms with Crippen LogP contribution in [0.2, 0.25) is 0 Å². The third-order valence-corrected chi connectivity index (χ3v) is 2.09. The maximum atomic E-state index is 5.12. The van der Waals surface area contributed by atoms with Crippen LogP contribution in [0.4, 0.5) is 0 Å². The Morgan fingerprint density at radius 1 is 1.38 bits per heavy atom. The SMILES string of the molecule is COc1ccc2c(c1)C=NCC2.Cl. The topological polar surface area (TPSA) is 21.6 Å². The second-order valence-corrected chi connectivity index (χ2v) is 2.85. The van der Waals surface area contributed by atoms with Gasteiger partial charge in [0.1, 0.15) is 5.75 Å². The summed E-state index contributed by atoms with van der Waals surface area (Å²) in [6.07, 6.45) is 2.97. The van der Waals surface area contributed by atoms with Crippen LogP contribution in [-0.2, 0) is 6.42 Å². The summed E-state index contributed by atoms with van der Waals surface area (Å²) in [6.45, 7) is 0.916. The van der Waals surface area contributed by atoms with E-state index in [0.717, 1.165) is 18.7 Å². The van der Waals surface area contributed by atoms with E-state index in [1.165, 1.54) is 11.1 Å². The molecule has 0 saturated heterocycles. The minimum Gasteiger partial charge on any atom is -0.497 e. The molecule has 0 amide bonds. The van der Waals surface area contributed by atoms with Gasteiger partial charge in [-0.2, -0.15) is 0 Å². The molecule has 0 unspecified atom stereocenters. The zero-order valence-electron chi connectivity index (χ0n) is 7.49. The fourth-order valence-electron chi connectivity index (χ4n) is 1.40. The van der Waals surface area contributed by atoms with Crippen molar-refractivity contribution < 1.29 is 4.74 Å². The lowest BCUT2D eigenvalue weighted by Gasteiger charge is -2.10. The van der Waals surface area contributed by atoms with E-state index in [1.54, 1.807) is 7.11 Å². The highest BCUT2D eigenvalue weighted by Gasteiger charge is 2.05. The summed E-state index contributed by atoms with van der Waals surface area (Å²) in [7, 11) is 1.68. The van der Waals surface area contributed by atoms with E-state index in [1.807, 2.05) is 18.3 Å². The van der Waals surface area contributed by atoms with Gasteiger partial charge in [-0.3, -0.25) is 4.99 Å². The highest BCUT2D eigenvalue weighted by molar-refractivity contribution is 5.85. The number of ether oxygens (including phenoxy) is 1. The third kappa shape index (κ3) is 2.01. The summed E-state index contributed by atoms with van der Waals surface area (Å²) in [5.74, 6) is 0.905. The Labute approximate surface area is 84.0 Å². The molecule has 0 aliphatic carbocycles. The molecule has 1 heterocycles. The quantitative estimate of drug-likeness (QED) is 0.676. The van der Waals surface area contributed by atoms with E-state index in [2.05, 4.69) is 11.1 Å². The first kappa shape index (κ1) is 10.1. The predicted octanol–water partition coefficient (Wildman–Crippen LogP) is 2.09. The van der Waals surface area contributed by atoms with E-state index in [9.17, 15) is 0 Å². The van der Waals surface area contributed by atoms with Gasteiger partial charge in [-0.15, -0.1) is 12.4 Å². The van der Waals surface area contributed by atoms with Crippen molar-refractivity contribution in [2.24, 2.45) is 4.99 Å². The van der Waals surface area contributed by atoms with Gasteiger partial charge >= 0.3 is 0 Å². The maximum absolute atomic E-state index is 5.12. The summed E-state index contributed by atoms with van der Waals surface area (Å²) >= 11 is 0. The molecule has 1 aliphatic rings. The maximum Gasteiger partial charge on any atom is 0.119 e. The second kappa shape index (κ2) is 4.28. The number of methoxy groups -OCH3 is 1. The van der Waals surface area contributed by atoms with Crippen molar-refractivity contribution in [2.45, 2.75) is 6.42 Å². The molecule has 70 valence electrons. The highest BCUT2D eigenvalue weighted by Crippen LogP contribution is 2.18. The van der Waals surface area contributed by atoms with Crippen LogP contribution in [-0.4, -0.2) is 19.9 Å². The second-order valence-electron chi connectivity index (χ2n) is 2.85. The molecule has 13 heavy (non-hydrogen) atoms. The molecular formula is C10H12ClNO. The average Bonchev–Trinajstić information content (AvgIpc) is 2.17. The average molecular weight is 198 g/mol. The molecule has 2 rings (SSSR count). The van der Waals surface area contributed by atoms with Crippen LogP contribution in [0, 0.1) is 0 Å². The molecule has 0 saturated carbocycles. The molecule has 1 aromatic carbocycles. The lowest BCUT2D eigenvalue weighted by atomic mass is 10.0. The van der Waals surface area contributed by atoms with Crippen LogP contribution in [0.15, 0.2) is 23.2 Å². The first-order valence-electron chi connectivity index (χ1n) is 4.07. The largest absolute Gasteiger partial charge is 0.497 e. The Morgan fingerprint density at radius 3 is 3.00 bits per heavy atom. The molecule has 0 atom stereocenters. The van der Waals surface area contributed by atoms with Gasteiger partial charge in [-0.1, -0.05) is 6.07 Å². The van der Waals surface area contributed by atoms with Crippen molar-refractivity contribution in [2.75, 3.05) is 13.7 Å². The van der Waals surface area contributed by atoms with Crippen molar-refractivity contribution in [3.63, 3.8) is 0 Å². The Kier molecular flexibility index (Phi) is 3.32. The van der Waals surface area contributed by atoms with E-state index < -0.39 is 0 Å². The number of halogens is 1. The molecule has 0 bridgehead atoms. The van der Waals surface area contributed by atoms with Crippen molar-refractivity contribution >= 4 is 18.6 Å². The van der Waals surface area contributed by atoms with Gasteiger partial charge in [-0.05, 0) is 29.7 Å². The number of nitrogens with zero attached hydrogens (tertiary/aromatic N) is 1. The number of hydrogen-bond donors (Lipinski definition) is 0. The van der Waals surface area contributed by atoms with Crippen LogP contribution in [0.3, 0.4) is 0 Å². The van der Waals surface area contributed by atoms with E-state index in [4.69, 9.17) is 4.74 Å². The van der Waals surface area contributed by atoms with Crippen molar-refractivity contribution in [3.8, 4) is 5.75 Å². The van der Waals surface area contributed by atoms with E-state index in [0.29, 0.717) is 0 Å². The molecule has 0 aromatic heterocycles. The number of fused-ring (bicyclic) bond motifs is 1. The van der Waals surface area contributed by atoms with Crippen LogP contribution >= 0.6 is 12.4 Å². The first-order chi connectivity index (χ1) is 5.90. The summed E-state index contributed by atoms with van der Waals surface area (Å²) in [4.78, 5) is 4.21. The summed E-state index contributed by atoms with van der Waals surface area (Å²) < 4.78 is 5.12. The lowest BCUT2D eigenvalue weighted by Crippen LogP contribution is -2.02. The van der Waals surface area contributed by atoms with Crippen LogP contribution < -0.4 is 4.74 Å². The van der Waals surface area contributed by atoms with Crippen LogP contribution in [0.25, 0.3) is 0 Å². The van der Waals surface area contributed by atoms with E-state index >= 15 is 0 Å². The number of aliphatic imine (C=N–C) groups is 1. The number of benzene rings is 1. The Hall–Kier alpha value is -1.02. The smallest absolute Gasteiger partial charge is 0.119 e. The zero-order valence-corrected chi connectivity index (χ0v) is 8.30. The molecule has 1 aliphatic heterocycles. The van der Waals surface area contributed by atoms with Gasteiger partial charge in [0.2, 0.25) is 0 Å². The minimum absolute atomic E-state index is 0. The molecule has 0 fully saturated rings. The molecule has 1 aromatic rings. The normalized spacial score (nSPS) is 13.0. The lowest BCUT2D eigenvalue weighted by molar-refractivity contribution is 0.414. The minimum atomic E-state index is 0. The van der Waals surface area contributed by atoms with Gasteiger partial charge in [0.25, 0.3) is 0 Å². The molecule has 0 N–H and O–H groups in total. The first-order valence-corrected chi connectivity index (χ1v) is 4.07. The van der Waals surface area contributed by atoms with E-state index in [-0.39, 0.29) is 12.4 Å². The van der Waals surface area contributed by atoms with Gasteiger partial charge in [0.15, 0.2) is 0 Å². The summed E-state index contributed by atoms with van der Waals surface area (Å²) in [5.41, 5.74) is 2.56. The van der Waals surface area contributed by atoms with Crippen molar-refractivity contribution in [3.05, 3.63) is 29.3 Å². The standard InChI is InChI=1S/C10H11NO.ClH/c1-12-10-3-2-8-4-5-11-7-9(8)6-10;/h2-3,6-7H,4-5H2,1H3;1H. The monoisotopic (exact) mass is 197 g/mol. The molecular weight excluding hydrogens is 186 g/mol. The fourth-order valence-corrected chi connectivity index (χ4v) is 1.40. The van der Waals surface area contributed by atoms with Gasteiger partial charge in [0, 0.05) is 12.8 Å². The summed E-state index contributed by atoms with van der Waals surface area (Å²) in [6, 6.07) is 6.13. The predicted molar refractivity (Wildman–Crippen MR) is 56.4 cm³/mol. The van der Waals surface area contributed by atoms with Gasteiger partial charge in [0.05, 0.1) is 7.11 Å². The van der Waals surface area contributed by atoms with Crippen molar-refractivity contribution in [1.82, 2.24) is 0 Å². The van der Waals surface area contributed by atoms with Gasteiger partial charge < -0.3 is 4.74 Å². The van der Waals surface area contributed by atoms with Crippen LogP contribution in [0.1, 0.15) is 11.1 Å². The Bertz CT molecular complexity index is 323. The highest BCUT2D eigenvalue weighted by atomic mass is 35.5. The Balaban J connectivity index is 0.000000845. The third-order valence-electron chi connectivity index (χ3n) is 2.09. The summed E-state index contributed by atoms with van der Waals surface area (Å²) in [5, 5.41) is 0. The fraction of sp³-hybridized carbons (Fsp3) is 0.300. The van der Waals surface area contributed by atoms with Crippen molar-refractivity contribution in [1.29, 1.82) is 0 Å².